The molecule has 10 atom stereocenters. The van der Waals surface area contributed by atoms with E-state index >= 15 is 0 Å². The summed E-state index contributed by atoms with van der Waals surface area (Å²) in [7, 11) is 0. The van der Waals surface area contributed by atoms with Crippen LogP contribution >= 0.6 is 0 Å². The normalized spacial score (nSPS) is 17.5. The van der Waals surface area contributed by atoms with Crippen molar-refractivity contribution in [2.75, 3.05) is 0 Å². The Morgan fingerprint density at radius 2 is 1.08 bits per heavy atom. The van der Waals surface area contributed by atoms with Crippen molar-refractivity contribution in [3.05, 3.63) is 0 Å². The molecule has 0 bridgehead atoms. The lowest BCUT2D eigenvalue weighted by molar-refractivity contribution is -0.177. The van der Waals surface area contributed by atoms with Crippen molar-refractivity contribution in [3.63, 3.8) is 0 Å². The summed E-state index contributed by atoms with van der Waals surface area (Å²) in [5.41, 5.74) is 5.63. The second kappa shape index (κ2) is 24.7. The number of carbonyl (C=O) groups excluding carboxylic acids is 2. The first-order valence-corrected chi connectivity index (χ1v) is 17.3. The molecule has 290 valence electrons. The van der Waals surface area contributed by atoms with Gasteiger partial charge in [0.25, 0.3) is 0 Å². The average Bonchev–Trinajstić information content (AvgIpc) is 2.99. The zero-order valence-corrected chi connectivity index (χ0v) is 29.6. The predicted octanol–water partition coefficient (Wildman–Crippen LogP) is 2.56. The molecule has 0 aliphatic heterocycles. The molecule has 16 nitrogen and oxygen atoms in total. The van der Waals surface area contributed by atoms with Gasteiger partial charge in [-0.3, -0.25) is 28.8 Å². The molecule has 0 fully saturated rings. The lowest BCUT2D eigenvalue weighted by Gasteiger charge is -2.33. The summed E-state index contributed by atoms with van der Waals surface area (Å²) < 4.78 is 11.4. The molecule has 0 aliphatic carbocycles. The number of carboxylic acid groups (broad SMARTS) is 4. The van der Waals surface area contributed by atoms with Crippen LogP contribution in [0.4, 0.5) is 0 Å². The second-order valence-corrected chi connectivity index (χ2v) is 13.6. The number of aliphatic carboxylic acids is 4. The van der Waals surface area contributed by atoms with Crippen molar-refractivity contribution in [3.8, 4) is 0 Å². The van der Waals surface area contributed by atoms with Crippen molar-refractivity contribution < 1.29 is 74.0 Å². The maximum Gasteiger partial charge on any atom is 0.307 e. The fraction of sp³-hybridized carbons (Fsp3) is 0.824. The second-order valence-electron chi connectivity index (χ2n) is 13.6. The monoisotopic (exact) mass is 721 g/mol. The maximum atomic E-state index is 13.0. The topological polar surface area (TPSA) is 289 Å². The molecule has 16 heteroatoms. The van der Waals surface area contributed by atoms with Gasteiger partial charge in [0.05, 0.1) is 55.8 Å². The third kappa shape index (κ3) is 21.0. The van der Waals surface area contributed by atoms with E-state index in [0.29, 0.717) is 38.5 Å². The van der Waals surface area contributed by atoms with Crippen LogP contribution in [0.2, 0.25) is 0 Å². The SMILES string of the molecule is CCCC[C@H](C)[C@H](OC(=O)C[C@@H](CC(=O)O)C(=O)O)[C@@H](C[C@H](C)C[C@@H](O)CCCC[C@H](O)C[C@@H](O)[C@@H](C)N)OC(=O)C[C@@H](CC(=O)O)C(=O)O. The standard InChI is InChI=1S/C34H59NO15/c1-5-6-9-20(3)32(50-31(44)17-23(34(47)48)15-29(41)42)27(49-30(43)16-22(33(45)46)14-28(39)40)13-19(2)12-24(36)10-7-8-11-25(37)18-26(38)21(4)35/h19-27,32,36-38H,5-18,35H2,1-4H3,(H,39,40)(H,41,42)(H,45,46)(H,47,48)/t19-,20+,21-,22-,23-,24+,25+,26-,27-,32+/m1/s1. The number of hydrogen-bond donors (Lipinski definition) is 8. The largest absolute Gasteiger partial charge is 0.481 e. The van der Waals surface area contributed by atoms with E-state index in [9.17, 15) is 54.3 Å². The highest BCUT2D eigenvalue weighted by Gasteiger charge is 2.37. The Labute approximate surface area is 293 Å². The number of rotatable bonds is 29. The molecule has 0 heterocycles. The van der Waals surface area contributed by atoms with Crippen LogP contribution in [0.1, 0.15) is 118 Å². The van der Waals surface area contributed by atoms with Crippen molar-refractivity contribution in [2.45, 2.75) is 154 Å². The average molecular weight is 722 g/mol. The van der Waals surface area contributed by atoms with Gasteiger partial charge in [0.15, 0.2) is 0 Å². The summed E-state index contributed by atoms with van der Waals surface area (Å²) in [6.45, 7) is 7.06. The molecule has 0 saturated carbocycles. The van der Waals surface area contributed by atoms with E-state index < -0.39 is 116 Å². The number of aliphatic hydroxyl groups is 3. The molecule has 9 N–H and O–H groups in total. The Balaban J connectivity index is 5.98. The summed E-state index contributed by atoms with van der Waals surface area (Å²) in [5.74, 6) is -12.0. The number of ether oxygens (including phenoxy) is 2. The third-order valence-corrected chi connectivity index (χ3v) is 8.61. The summed E-state index contributed by atoms with van der Waals surface area (Å²) in [6.07, 6.45) is -3.74. The minimum absolute atomic E-state index is 0.0270. The van der Waals surface area contributed by atoms with Gasteiger partial charge in [0.1, 0.15) is 12.2 Å². The molecular formula is C34H59NO15. The molecule has 0 aromatic carbocycles. The van der Waals surface area contributed by atoms with Crippen LogP contribution in [0.3, 0.4) is 0 Å². The van der Waals surface area contributed by atoms with Crippen LogP contribution in [0, 0.1) is 23.7 Å². The summed E-state index contributed by atoms with van der Waals surface area (Å²) in [6, 6.07) is -0.476. The first kappa shape index (κ1) is 46.7. The molecule has 0 aromatic rings. The Hall–Kier alpha value is -3.34. The zero-order chi connectivity index (χ0) is 38.6. The third-order valence-electron chi connectivity index (χ3n) is 8.61. The fourth-order valence-electron chi connectivity index (χ4n) is 5.68. The van der Waals surface area contributed by atoms with Crippen LogP contribution in [-0.2, 0) is 38.2 Å². The van der Waals surface area contributed by atoms with E-state index in [1.54, 1.807) is 20.8 Å². The lowest BCUT2D eigenvalue weighted by Crippen LogP contribution is -2.42. The molecular weight excluding hydrogens is 662 g/mol. The number of hydrogen-bond acceptors (Lipinski definition) is 12. The van der Waals surface area contributed by atoms with Crippen LogP contribution in [-0.4, -0.2) is 108 Å². The highest BCUT2D eigenvalue weighted by Crippen LogP contribution is 2.29. The number of aliphatic hydroxyl groups excluding tert-OH is 3. The summed E-state index contributed by atoms with van der Waals surface area (Å²) in [4.78, 5) is 71.6. The molecule has 0 rings (SSSR count). The van der Waals surface area contributed by atoms with Gasteiger partial charge >= 0.3 is 35.8 Å². The fourth-order valence-corrected chi connectivity index (χ4v) is 5.68. The Morgan fingerprint density at radius 3 is 1.50 bits per heavy atom. The number of carbonyl (C=O) groups is 6. The summed E-state index contributed by atoms with van der Waals surface area (Å²) in [5, 5.41) is 67.8. The molecule has 50 heavy (non-hydrogen) atoms. The van der Waals surface area contributed by atoms with Gasteiger partial charge in [-0.2, -0.15) is 0 Å². The van der Waals surface area contributed by atoms with E-state index in [0.717, 1.165) is 6.42 Å². The Morgan fingerprint density at radius 1 is 0.620 bits per heavy atom. The van der Waals surface area contributed by atoms with E-state index in [2.05, 4.69) is 0 Å². The van der Waals surface area contributed by atoms with Gasteiger partial charge in [-0.1, -0.05) is 46.5 Å². The van der Waals surface area contributed by atoms with Crippen LogP contribution < -0.4 is 5.73 Å². The smallest absolute Gasteiger partial charge is 0.307 e. The molecule has 0 radical (unpaired) electrons. The Bertz CT molecular complexity index is 1070. The van der Waals surface area contributed by atoms with Gasteiger partial charge in [-0.05, 0) is 50.9 Å². The van der Waals surface area contributed by atoms with Gasteiger partial charge in [-0.25, -0.2) is 0 Å². The first-order valence-electron chi connectivity index (χ1n) is 17.3. The molecule has 0 aliphatic rings. The van der Waals surface area contributed by atoms with Gasteiger partial charge in [-0.15, -0.1) is 0 Å². The minimum atomic E-state index is -1.59. The molecule has 0 unspecified atom stereocenters. The van der Waals surface area contributed by atoms with Gasteiger partial charge in [0.2, 0.25) is 0 Å². The highest BCUT2D eigenvalue weighted by atomic mass is 16.6. The molecule has 0 aromatic heterocycles. The summed E-state index contributed by atoms with van der Waals surface area (Å²) >= 11 is 0. The van der Waals surface area contributed by atoms with Crippen molar-refractivity contribution >= 4 is 35.8 Å². The molecule has 0 saturated heterocycles. The quantitative estimate of drug-likeness (QED) is 0.0407. The number of carboxylic acids is 4. The number of unbranched alkanes of at least 4 members (excludes halogenated alkanes) is 2. The van der Waals surface area contributed by atoms with Gasteiger partial charge in [0, 0.05) is 12.5 Å². The number of nitrogens with two attached hydrogens (primary N) is 1. The van der Waals surface area contributed by atoms with Crippen molar-refractivity contribution in [1.82, 2.24) is 0 Å². The zero-order valence-electron chi connectivity index (χ0n) is 29.6. The van der Waals surface area contributed by atoms with E-state index in [1.165, 1.54) is 0 Å². The van der Waals surface area contributed by atoms with E-state index in [-0.39, 0.29) is 25.2 Å². The van der Waals surface area contributed by atoms with Crippen molar-refractivity contribution in [1.29, 1.82) is 0 Å². The van der Waals surface area contributed by atoms with Crippen LogP contribution in [0.15, 0.2) is 0 Å². The highest BCUT2D eigenvalue weighted by molar-refractivity contribution is 5.83. The van der Waals surface area contributed by atoms with Gasteiger partial charge < -0.3 is 51.0 Å². The maximum absolute atomic E-state index is 13.0. The predicted molar refractivity (Wildman–Crippen MR) is 178 cm³/mol. The molecule has 0 amide bonds. The van der Waals surface area contributed by atoms with Crippen LogP contribution in [0.25, 0.3) is 0 Å². The number of esters is 2. The lowest BCUT2D eigenvalue weighted by atomic mass is 9.87. The van der Waals surface area contributed by atoms with E-state index in [1.807, 2.05) is 6.92 Å². The molecule has 0 spiro atoms. The van der Waals surface area contributed by atoms with Crippen LogP contribution in [0.5, 0.6) is 0 Å². The minimum Gasteiger partial charge on any atom is -0.481 e. The first-order chi connectivity index (χ1) is 23.3. The Kier molecular flexibility index (Phi) is 23.1. The van der Waals surface area contributed by atoms with E-state index in [4.69, 9.17) is 25.4 Å². The van der Waals surface area contributed by atoms with Crippen molar-refractivity contribution in [2.24, 2.45) is 29.4 Å².